The van der Waals surface area contributed by atoms with E-state index in [0.29, 0.717) is 5.56 Å². The van der Waals surface area contributed by atoms with Gasteiger partial charge in [0.2, 0.25) is 0 Å². The maximum absolute atomic E-state index is 14.1. The van der Waals surface area contributed by atoms with Crippen molar-refractivity contribution in [1.82, 2.24) is 4.90 Å². The summed E-state index contributed by atoms with van der Waals surface area (Å²) in [6, 6.07) is 4.37. The zero-order chi connectivity index (χ0) is 16.2. The van der Waals surface area contributed by atoms with E-state index >= 15 is 0 Å². The van der Waals surface area contributed by atoms with Gasteiger partial charge in [-0.15, -0.1) is 0 Å². The third-order valence-corrected chi connectivity index (χ3v) is 3.69. The Balaban J connectivity index is 3.03. The number of carbonyl (C=O) groups excluding carboxylic acids is 1. The number of hydrogen-bond acceptors (Lipinski definition) is 2. The molecule has 1 atom stereocenters. The van der Waals surface area contributed by atoms with Gasteiger partial charge in [0.25, 0.3) is 5.91 Å². The fourth-order valence-corrected chi connectivity index (χ4v) is 1.87. The summed E-state index contributed by atoms with van der Waals surface area (Å²) in [5.41, 5.74) is 5.78. The minimum absolute atomic E-state index is 0.0129. The van der Waals surface area contributed by atoms with Gasteiger partial charge in [-0.2, -0.15) is 0 Å². The first kappa shape index (κ1) is 17.2. The quantitative estimate of drug-likeness (QED) is 0.851. The molecule has 0 saturated carbocycles. The zero-order valence-corrected chi connectivity index (χ0v) is 13.3. The molecule has 0 aliphatic carbocycles. The first-order valence-corrected chi connectivity index (χ1v) is 6.94. The average Bonchev–Trinajstić information content (AvgIpc) is 2.41. The Morgan fingerprint density at radius 3 is 2.52 bits per heavy atom. The number of nitrogens with zero attached hydrogens (tertiary/aromatic N) is 1. The van der Waals surface area contributed by atoms with E-state index < -0.39 is 5.82 Å². The minimum atomic E-state index is -0.559. The highest BCUT2D eigenvalue weighted by Gasteiger charge is 2.28. The van der Waals surface area contributed by atoms with Crippen molar-refractivity contribution in [1.29, 1.82) is 0 Å². The van der Waals surface area contributed by atoms with E-state index in [-0.39, 0.29) is 29.5 Å². The van der Waals surface area contributed by atoms with Gasteiger partial charge in [0, 0.05) is 18.7 Å². The van der Waals surface area contributed by atoms with E-state index in [9.17, 15) is 9.18 Å². The monoisotopic (exact) mass is 290 g/mol. The number of rotatable bonds is 2. The van der Waals surface area contributed by atoms with Crippen molar-refractivity contribution >= 4 is 5.91 Å². The molecule has 0 radical (unpaired) electrons. The summed E-state index contributed by atoms with van der Waals surface area (Å²) < 4.78 is 14.1. The minimum Gasteiger partial charge on any atom is -0.338 e. The van der Waals surface area contributed by atoms with Gasteiger partial charge in [0.1, 0.15) is 5.82 Å². The summed E-state index contributed by atoms with van der Waals surface area (Å²) in [5, 5.41) is 0. The first-order chi connectivity index (χ1) is 9.68. The van der Waals surface area contributed by atoms with Crippen molar-refractivity contribution in [3.8, 4) is 11.8 Å². The number of benzene rings is 1. The van der Waals surface area contributed by atoms with Gasteiger partial charge in [-0.1, -0.05) is 32.6 Å². The van der Waals surface area contributed by atoms with E-state index in [1.807, 2.05) is 27.7 Å². The molecule has 1 aromatic rings. The summed E-state index contributed by atoms with van der Waals surface area (Å²) in [7, 11) is 1.69. The van der Waals surface area contributed by atoms with E-state index in [0.717, 1.165) is 0 Å². The zero-order valence-electron chi connectivity index (χ0n) is 13.3. The molecule has 2 N–H and O–H groups in total. The van der Waals surface area contributed by atoms with Crippen LogP contribution in [-0.4, -0.2) is 30.4 Å². The standard InChI is InChI=1S/C17H23FN2O/c1-12(17(2,3)4)20(5)16(21)14-9-8-13(7-6-10-19)11-15(14)18/h8-9,11-12H,10,19H2,1-5H3. The van der Waals surface area contributed by atoms with Crippen LogP contribution in [-0.2, 0) is 0 Å². The first-order valence-electron chi connectivity index (χ1n) is 6.94. The average molecular weight is 290 g/mol. The summed E-state index contributed by atoms with van der Waals surface area (Å²) in [6.45, 7) is 8.31. The second-order valence-electron chi connectivity index (χ2n) is 6.16. The fraction of sp³-hybridized carbons (Fsp3) is 0.471. The lowest BCUT2D eigenvalue weighted by Crippen LogP contribution is -2.43. The van der Waals surface area contributed by atoms with Gasteiger partial charge >= 0.3 is 0 Å². The highest BCUT2D eigenvalue weighted by Crippen LogP contribution is 2.24. The highest BCUT2D eigenvalue weighted by molar-refractivity contribution is 5.94. The number of amides is 1. The smallest absolute Gasteiger partial charge is 0.256 e. The topological polar surface area (TPSA) is 46.3 Å². The summed E-state index contributed by atoms with van der Waals surface area (Å²) >= 11 is 0. The molecule has 0 aromatic heterocycles. The second kappa shape index (κ2) is 6.73. The Labute approximate surface area is 126 Å². The van der Waals surface area contributed by atoms with Gasteiger partial charge in [0.15, 0.2) is 0 Å². The fourth-order valence-electron chi connectivity index (χ4n) is 1.87. The molecule has 0 heterocycles. The van der Waals surface area contributed by atoms with Crippen LogP contribution in [0.25, 0.3) is 0 Å². The molecule has 1 aromatic carbocycles. The Hall–Kier alpha value is -1.86. The lowest BCUT2D eigenvalue weighted by atomic mass is 9.87. The Morgan fingerprint density at radius 1 is 1.43 bits per heavy atom. The summed E-state index contributed by atoms with van der Waals surface area (Å²) in [4.78, 5) is 14.0. The largest absolute Gasteiger partial charge is 0.338 e. The normalized spacial score (nSPS) is 12.3. The molecule has 0 bridgehead atoms. The van der Waals surface area contributed by atoms with Crippen LogP contribution < -0.4 is 5.73 Å². The maximum atomic E-state index is 14.1. The third-order valence-electron chi connectivity index (χ3n) is 3.69. The van der Waals surface area contributed by atoms with Crippen LogP contribution >= 0.6 is 0 Å². The van der Waals surface area contributed by atoms with Crippen molar-refractivity contribution in [2.24, 2.45) is 11.1 Å². The predicted molar refractivity (Wildman–Crippen MR) is 83.3 cm³/mol. The van der Waals surface area contributed by atoms with Crippen LogP contribution in [0, 0.1) is 23.1 Å². The number of hydrogen-bond donors (Lipinski definition) is 1. The molecule has 1 rings (SSSR count). The van der Waals surface area contributed by atoms with Crippen LogP contribution in [0.2, 0.25) is 0 Å². The van der Waals surface area contributed by atoms with E-state index in [1.165, 1.54) is 12.1 Å². The van der Waals surface area contributed by atoms with E-state index in [4.69, 9.17) is 5.73 Å². The maximum Gasteiger partial charge on any atom is 0.256 e. The van der Waals surface area contributed by atoms with Crippen LogP contribution in [0.15, 0.2) is 18.2 Å². The van der Waals surface area contributed by atoms with Crippen LogP contribution in [0.3, 0.4) is 0 Å². The molecule has 0 fully saturated rings. The molecule has 4 heteroatoms. The van der Waals surface area contributed by atoms with Crippen molar-refractivity contribution in [3.05, 3.63) is 35.1 Å². The summed E-state index contributed by atoms with van der Waals surface area (Å²) in [5.74, 6) is 4.52. The van der Waals surface area contributed by atoms with Crippen LogP contribution in [0.5, 0.6) is 0 Å². The molecule has 0 aliphatic rings. The molecule has 0 aliphatic heterocycles. The molecule has 114 valence electrons. The van der Waals surface area contributed by atoms with Gasteiger partial charge in [-0.3, -0.25) is 4.79 Å². The Bertz CT molecular complexity index is 579. The number of carbonyl (C=O) groups is 1. The molecular weight excluding hydrogens is 267 g/mol. The van der Waals surface area contributed by atoms with Crippen LogP contribution in [0.4, 0.5) is 4.39 Å². The van der Waals surface area contributed by atoms with Gasteiger partial charge in [-0.05, 0) is 30.5 Å². The Kier molecular flexibility index (Phi) is 5.51. The molecule has 0 spiro atoms. The molecule has 21 heavy (non-hydrogen) atoms. The highest BCUT2D eigenvalue weighted by atomic mass is 19.1. The van der Waals surface area contributed by atoms with E-state index in [2.05, 4.69) is 11.8 Å². The molecule has 0 saturated heterocycles. The number of halogens is 1. The van der Waals surface area contributed by atoms with E-state index in [1.54, 1.807) is 18.0 Å². The van der Waals surface area contributed by atoms with Crippen molar-refractivity contribution in [2.45, 2.75) is 33.7 Å². The third kappa shape index (κ3) is 4.30. The van der Waals surface area contributed by atoms with Crippen LogP contribution in [0.1, 0.15) is 43.6 Å². The summed E-state index contributed by atoms with van der Waals surface area (Å²) in [6.07, 6.45) is 0. The van der Waals surface area contributed by atoms with Crippen molar-refractivity contribution in [3.63, 3.8) is 0 Å². The SMILES string of the molecule is CC(N(C)C(=O)c1ccc(C#CCN)cc1F)C(C)(C)C. The lowest BCUT2D eigenvalue weighted by molar-refractivity contribution is 0.0624. The molecule has 3 nitrogen and oxygen atoms in total. The van der Waals surface area contributed by atoms with Gasteiger partial charge < -0.3 is 10.6 Å². The molecular formula is C17H23FN2O. The lowest BCUT2D eigenvalue weighted by Gasteiger charge is -2.35. The van der Waals surface area contributed by atoms with Gasteiger partial charge in [-0.25, -0.2) is 4.39 Å². The van der Waals surface area contributed by atoms with Crippen molar-refractivity contribution in [2.75, 3.05) is 13.6 Å². The number of nitrogens with two attached hydrogens (primary N) is 1. The van der Waals surface area contributed by atoms with Gasteiger partial charge in [0.05, 0.1) is 12.1 Å². The second-order valence-corrected chi connectivity index (χ2v) is 6.16. The van der Waals surface area contributed by atoms with Crippen molar-refractivity contribution < 1.29 is 9.18 Å². The molecule has 1 amide bonds. The predicted octanol–water partition coefficient (Wildman–Crippen LogP) is 2.64. The Morgan fingerprint density at radius 2 is 2.05 bits per heavy atom. The molecule has 1 unspecified atom stereocenters.